The van der Waals surface area contributed by atoms with Crippen LogP contribution < -0.4 is 0 Å². The maximum Gasteiger partial charge on any atom is 0.0714 e. The van der Waals surface area contributed by atoms with Gasteiger partial charge in [0.1, 0.15) is 0 Å². The number of hydrogen-bond donors (Lipinski definition) is 0. The molecule has 0 N–H and O–H groups in total. The lowest BCUT2D eigenvalue weighted by Gasteiger charge is -1.98. The number of rotatable bonds is 2. The van der Waals surface area contributed by atoms with Crippen LogP contribution in [0.25, 0.3) is 0 Å². The molecule has 0 saturated carbocycles. The van der Waals surface area contributed by atoms with E-state index in [2.05, 4.69) is 16.2 Å². The summed E-state index contributed by atoms with van der Waals surface area (Å²) in [6.45, 7) is 1.98. The zero-order valence-corrected chi connectivity index (χ0v) is 6.98. The van der Waals surface area contributed by atoms with E-state index in [4.69, 9.17) is 0 Å². The molecule has 0 bridgehead atoms. The summed E-state index contributed by atoms with van der Waals surface area (Å²) in [4.78, 5) is 8.31. The van der Waals surface area contributed by atoms with Crippen molar-refractivity contribution in [3.05, 3.63) is 23.8 Å². The third kappa shape index (κ3) is 1.70. The molecule has 0 unspecified atom stereocenters. The summed E-state index contributed by atoms with van der Waals surface area (Å²) in [7, 11) is 0. The van der Waals surface area contributed by atoms with Crippen molar-refractivity contribution in [3.8, 4) is 0 Å². The van der Waals surface area contributed by atoms with Crippen LogP contribution in [0.4, 0.5) is 0 Å². The van der Waals surface area contributed by atoms with E-state index < -0.39 is 0 Å². The number of aromatic nitrogens is 2. The minimum Gasteiger partial charge on any atom is -0.258 e. The summed E-state index contributed by atoms with van der Waals surface area (Å²) in [6.07, 6.45) is 5.52. The van der Waals surface area contributed by atoms with Gasteiger partial charge < -0.3 is 0 Å². The molecule has 1 aromatic heterocycles. The monoisotopic (exact) mass is 154 g/mol. The summed E-state index contributed by atoms with van der Waals surface area (Å²) in [5.74, 6) is 0.958. The number of aryl methyl sites for hydroxylation is 1. The minimum absolute atomic E-state index is 0.958. The maximum absolute atomic E-state index is 4.18. The van der Waals surface area contributed by atoms with Crippen molar-refractivity contribution in [3.63, 3.8) is 0 Å². The normalized spacial score (nSPS) is 9.80. The van der Waals surface area contributed by atoms with Gasteiger partial charge in [-0.05, 0) is 13.2 Å². The second kappa shape index (κ2) is 3.56. The molecule has 0 aliphatic heterocycles. The first kappa shape index (κ1) is 7.54. The largest absolute Gasteiger partial charge is 0.258 e. The van der Waals surface area contributed by atoms with Crippen LogP contribution >= 0.6 is 11.8 Å². The van der Waals surface area contributed by atoms with Gasteiger partial charge in [0, 0.05) is 18.1 Å². The molecule has 0 aliphatic carbocycles. The van der Waals surface area contributed by atoms with Gasteiger partial charge in [0.15, 0.2) is 0 Å². The second-order valence-electron chi connectivity index (χ2n) is 2.02. The van der Waals surface area contributed by atoms with Gasteiger partial charge in [0.05, 0.1) is 11.4 Å². The lowest BCUT2D eigenvalue weighted by molar-refractivity contribution is 1.03. The highest BCUT2D eigenvalue weighted by Crippen LogP contribution is 2.07. The van der Waals surface area contributed by atoms with Crippen LogP contribution in [0.1, 0.15) is 11.4 Å². The Labute approximate surface area is 65.1 Å². The van der Waals surface area contributed by atoms with Crippen LogP contribution in [0.3, 0.4) is 0 Å². The average Bonchev–Trinajstić information content (AvgIpc) is 1.94. The molecule has 0 saturated heterocycles. The predicted molar refractivity (Wildman–Crippen MR) is 44.0 cm³/mol. The quantitative estimate of drug-likeness (QED) is 0.647. The molecule has 10 heavy (non-hydrogen) atoms. The zero-order chi connectivity index (χ0) is 7.40. The molecular formula is C7H10N2S. The van der Waals surface area contributed by atoms with Gasteiger partial charge >= 0.3 is 0 Å². The van der Waals surface area contributed by atoms with Gasteiger partial charge in [-0.1, -0.05) is 0 Å². The molecule has 2 nitrogen and oxygen atoms in total. The molecule has 0 radical (unpaired) electrons. The van der Waals surface area contributed by atoms with E-state index >= 15 is 0 Å². The SMILES string of the molecule is CSCc1nccnc1C. The Kier molecular flexibility index (Phi) is 2.68. The molecule has 3 heteroatoms. The number of hydrogen-bond acceptors (Lipinski definition) is 3. The van der Waals surface area contributed by atoms with Crippen LogP contribution in [-0.4, -0.2) is 16.2 Å². The lowest BCUT2D eigenvalue weighted by atomic mass is 10.4. The summed E-state index contributed by atoms with van der Waals surface area (Å²) in [5, 5.41) is 0. The van der Waals surface area contributed by atoms with Crippen molar-refractivity contribution in [2.45, 2.75) is 12.7 Å². The topological polar surface area (TPSA) is 25.8 Å². The standard InChI is InChI=1S/C7H10N2S/c1-6-7(5-10-2)9-4-3-8-6/h3-4H,5H2,1-2H3. The molecule has 0 atom stereocenters. The van der Waals surface area contributed by atoms with E-state index in [-0.39, 0.29) is 0 Å². The summed E-state index contributed by atoms with van der Waals surface area (Å²) < 4.78 is 0. The molecule has 0 aromatic carbocycles. The molecule has 1 rings (SSSR count). The van der Waals surface area contributed by atoms with Crippen LogP contribution in [0, 0.1) is 6.92 Å². The average molecular weight is 154 g/mol. The van der Waals surface area contributed by atoms with E-state index in [9.17, 15) is 0 Å². The molecule has 0 amide bonds. The van der Waals surface area contributed by atoms with E-state index in [0.29, 0.717) is 0 Å². The molecule has 1 aromatic rings. The lowest BCUT2D eigenvalue weighted by Crippen LogP contribution is -1.92. The van der Waals surface area contributed by atoms with Crippen LogP contribution in [0.5, 0.6) is 0 Å². The van der Waals surface area contributed by atoms with E-state index in [1.165, 1.54) is 0 Å². The fourth-order valence-electron chi connectivity index (χ4n) is 0.715. The smallest absolute Gasteiger partial charge is 0.0714 e. The van der Waals surface area contributed by atoms with Gasteiger partial charge in [0.25, 0.3) is 0 Å². The Morgan fingerprint density at radius 2 is 2.10 bits per heavy atom. The van der Waals surface area contributed by atoms with Crippen molar-refractivity contribution in [1.82, 2.24) is 9.97 Å². The first-order valence-electron chi connectivity index (χ1n) is 3.10. The highest BCUT2D eigenvalue weighted by atomic mass is 32.2. The molecule has 0 fully saturated rings. The van der Waals surface area contributed by atoms with Crippen molar-refractivity contribution in [2.75, 3.05) is 6.26 Å². The Bertz CT molecular complexity index is 213. The summed E-state index contributed by atoms with van der Waals surface area (Å²) in [5.41, 5.74) is 2.13. The second-order valence-corrected chi connectivity index (χ2v) is 2.89. The van der Waals surface area contributed by atoms with E-state index in [0.717, 1.165) is 17.1 Å². The van der Waals surface area contributed by atoms with Crippen molar-refractivity contribution < 1.29 is 0 Å². The fraction of sp³-hybridized carbons (Fsp3) is 0.429. The van der Waals surface area contributed by atoms with Gasteiger partial charge in [-0.2, -0.15) is 11.8 Å². The Balaban J connectivity index is 2.81. The maximum atomic E-state index is 4.18. The first-order valence-corrected chi connectivity index (χ1v) is 4.49. The van der Waals surface area contributed by atoms with Gasteiger partial charge in [-0.15, -0.1) is 0 Å². The molecule has 1 heterocycles. The van der Waals surface area contributed by atoms with E-state index in [1.54, 1.807) is 24.2 Å². The molecular weight excluding hydrogens is 144 g/mol. The number of nitrogens with zero attached hydrogens (tertiary/aromatic N) is 2. The van der Waals surface area contributed by atoms with Crippen LogP contribution in [-0.2, 0) is 5.75 Å². The third-order valence-electron chi connectivity index (χ3n) is 1.26. The third-order valence-corrected chi connectivity index (χ3v) is 1.83. The Morgan fingerprint density at radius 1 is 1.40 bits per heavy atom. The summed E-state index contributed by atoms with van der Waals surface area (Å²) >= 11 is 1.77. The van der Waals surface area contributed by atoms with Gasteiger partial charge in [-0.25, -0.2) is 0 Å². The zero-order valence-electron chi connectivity index (χ0n) is 6.16. The highest BCUT2D eigenvalue weighted by Gasteiger charge is 1.96. The Hall–Kier alpha value is -0.570. The molecule has 0 spiro atoms. The van der Waals surface area contributed by atoms with Crippen molar-refractivity contribution in [2.24, 2.45) is 0 Å². The number of thioether (sulfide) groups is 1. The van der Waals surface area contributed by atoms with Crippen molar-refractivity contribution >= 4 is 11.8 Å². The van der Waals surface area contributed by atoms with Crippen LogP contribution in [0.15, 0.2) is 12.4 Å². The highest BCUT2D eigenvalue weighted by molar-refractivity contribution is 7.97. The van der Waals surface area contributed by atoms with Gasteiger partial charge in [-0.3, -0.25) is 9.97 Å². The Morgan fingerprint density at radius 3 is 2.70 bits per heavy atom. The van der Waals surface area contributed by atoms with Gasteiger partial charge in [0.2, 0.25) is 0 Å². The predicted octanol–water partition coefficient (Wildman–Crippen LogP) is 1.65. The first-order chi connectivity index (χ1) is 4.84. The molecule has 0 aliphatic rings. The fourth-order valence-corrected chi connectivity index (χ4v) is 1.27. The van der Waals surface area contributed by atoms with Crippen LogP contribution in [0.2, 0.25) is 0 Å². The summed E-state index contributed by atoms with van der Waals surface area (Å²) in [6, 6.07) is 0. The molecule has 54 valence electrons. The minimum atomic E-state index is 0.958. The van der Waals surface area contributed by atoms with E-state index in [1.807, 2.05) is 6.92 Å². The van der Waals surface area contributed by atoms with Crippen molar-refractivity contribution in [1.29, 1.82) is 0 Å².